The molecule has 0 aliphatic carbocycles. The van der Waals surface area contributed by atoms with Crippen molar-refractivity contribution in [2.45, 2.75) is 13.3 Å². The van der Waals surface area contributed by atoms with Crippen molar-refractivity contribution in [2.24, 2.45) is 0 Å². The molecule has 0 saturated heterocycles. The Morgan fingerprint density at radius 3 is 2.34 bits per heavy atom. The summed E-state index contributed by atoms with van der Waals surface area (Å²) in [6, 6.07) is 19.4. The summed E-state index contributed by atoms with van der Waals surface area (Å²) in [5.74, 6) is -0.937. The number of hydrogen-bond donors (Lipinski definition) is 1. The Hall–Kier alpha value is -3.84. The standard InChI is InChI=1S/C25H20N2O4S/c1-15-7-9-16(10-8-15)24(28)19(13-17-5-3-4-6-22(17)31-2)23(25(29)30)18-11-12-20-21(14-18)27-32-26-20/h3-12,14H,13H2,1-2H3,(H,29,30). The van der Waals surface area contributed by atoms with E-state index in [9.17, 15) is 14.7 Å². The highest BCUT2D eigenvalue weighted by Gasteiger charge is 2.25. The van der Waals surface area contributed by atoms with Gasteiger partial charge in [-0.25, -0.2) is 4.79 Å². The van der Waals surface area contributed by atoms with Crippen molar-refractivity contribution < 1.29 is 19.4 Å². The van der Waals surface area contributed by atoms with Crippen LogP contribution in [-0.4, -0.2) is 32.7 Å². The number of aliphatic carboxylic acids is 1. The lowest BCUT2D eigenvalue weighted by Gasteiger charge is -2.15. The molecule has 0 aliphatic heterocycles. The van der Waals surface area contributed by atoms with Crippen molar-refractivity contribution in [1.29, 1.82) is 0 Å². The molecule has 32 heavy (non-hydrogen) atoms. The zero-order chi connectivity index (χ0) is 22.7. The van der Waals surface area contributed by atoms with Crippen molar-refractivity contribution in [2.75, 3.05) is 7.11 Å². The first-order chi connectivity index (χ1) is 15.5. The van der Waals surface area contributed by atoms with Gasteiger partial charge in [0.05, 0.1) is 24.4 Å². The lowest BCUT2D eigenvalue weighted by atomic mass is 9.89. The molecule has 1 aromatic heterocycles. The average Bonchev–Trinajstić information content (AvgIpc) is 3.27. The first-order valence-electron chi connectivity index (χ1n) is 9.90. The first-order valence-corrected chi connectivity index (χ1v) is 10.6. The van der Waals surface area contributed by atoms with E-state index in [1.165, 1.54) is 0 Å². The zero-order valence-electron chi connectivity index (χ0n) is 17.5. The van der Waals surface area contributed by atoms with Crippen LogP contribution in [0.3, 0.4) is 0 Å². The molecule has 4 aromatic rings. The normalized spacial score (nSPS) is 11.8. The molecule has 3 aromatic carbocycles. The second-order valence-corrected chi connectivity index (χ2v) is 7.84. The van der Waals surface area contributed by atoms with Gasteiger partial charge >= 0.3 is 5.97 Å². The summed E-state index contributed by atoms with van der Waals surface area (Å²) < 4.78 is 13.8. The van der Waals surface area contributed by atoms with Crippen LogP contribution in [0.5, 0.6) is 5.75 Å². The monoisotopic (exact) mass is 444 g/mol. The van der Waals surface area contributed by atoms with E-state index >= 15 is 0 Å². The fourth-order valence-electron chi connectivity index (χ4n) is 3.57. The van der Waals surface area contributed by atoms with Crippen LogP contribution >= 0.6 is 11.7 Å². The van der Waals surface area contributed by atoms with Gasteiger partial charge in [-0.1, -0.05) is 54.1 Å². The van der Waals surface area contributed by atoms with Gasteiger partial charge in [-0.2, -0.15) is 8.75 Å². The van der Waals surface area contributed by atoms with Crippen LogP contribution in [-0.2, 0) is 11.2 Å². The van der Waals surface area contributed by atoms with E-state index in [0.717, 1.165) is 22.9 Å². The minimum Gasteiger partial charge on any atom is -0.496 e. The van der Waals surface area contributed by atoms with Crippen molar-refractivity contribution >= 4 is 40.1 Å². The molecule has 7 heteroatoms. The number of hydrogen-bond acceptors (Lipinski definition) is 6. The maximum Gasteiger partial charge on any atom is 0.336 e. The van der Waals surface area contributed by atoms with Crippen LogP contribution in [0.4, 0.5) is 0 Å². The number of carboxylic acids is 1. The Morgan fingerprint density at radius 1 is 0.938 bits per heavy atom. The van der Waals surface area contributed by atoms with E-state index in [1.54, 1.807) is 43.5 Å². The van der Waals surface area contributed by atoms with Crippen molar-refractivity contribution in [3.63, 3.8) is 0 Å². The highest BCUT2D eigenvalue weighted by atomic mass is 32.1. The molecule has 0 fully saturated rings. The quantitative estimate of drug-likeness (QED) is 0.320. The van der Waals surface area contributed by atoms with Crippen LogP contribution in [0.25, 0.3) is 16.6 Å². The topological polar surface area (TPSA) is 89.4 Å². The fourth-order valence-corrected chi connectivity index (χ4v) is 4.08. The third-order valence-electron chi connectivity index (χ3n) is 5.21. The summed E-state index contributed by atoms with van der Waals surface area (Å²) in [6.07, 6.45) is 0.103. The molecule has 4 rings (SSSR count). The molecule has 1 heterocycles. The number of nitrogens with zero attached hydrogens (tertiary/aromatic N) is 2. The molecule has 1 N–H and O–H groups in total. The summed E-state index contributed by atoms with van der Waals surface area (Å²) in [5, 5.41) is 10.2. The number of fused-ring (bicyclic) bond motifs is 1. The van der Waals surface area contributed by atoms with Gasteiger partial charge in [-0.3, -0.25) is 4.79 Å². The minimum atomic E-state index is -1.18. The number of benzene rings is 3. The van der Waals surface area contributed by atoms with Gasteiger partial charge in [0.2, 0.25) is 0 Å². The average molecular weight is 445 g/mol. The molecule has 6 nitrogen and oxygen atoms in total. The van der Waals surface area contributed by atoms with Crippen LogP contribution in [0.2, 0.25) is 0 Å². The molecule has 0 spiro atoms. The summed E-state index contributed by atoms with van der Waals surface area (Å²) in [7, 11) is 1.55. The molecular weight excluding hydrogens is 424 g/mol. The number of carbonyl (C=O) groups excluding carboxylic acids is 1. The Bertz CT molecular complexity index is 1340. The van der Waals surface area contributed by atoms with Crippen molar-refractivity contribution in [1.82, 2.24) is 8.75 Å². The summed E-state index contributed by atoms with van der Waals surface area (Å²) in [6.45, 7) is 1.93. The number of Topliss-reactive ketones (excluding diaryl/α,β-unsaturated/α-hetero) is 1. The number of para-hydroxylation sites is 1. The zero-order valence-corrected chi connectivity index (χ0v) is 18.3. The van der Waals surface area contributed by atoms with Crippen molar-refractivity contribution in [3.05, 3.63) is 94.6 Å². The number of ether oxygens (including phenoxy) is 1. The second-order valence-electron chi connectivity index (χ2n) is 7.31. The lowest BCUT2D eigenvalue weighted by Crippen LogP contribution is -2.14. The van der Waals surface area contributed by atoms with E-state index in [2.05, 4.69) is 8.75 Å². The number of allylic oxidation sites excluding steroid dienone is 1. The molecular formula is C25H20N2O4S. The number of methoxy groups -OCH3 is 1. The molecule has 0 amide bonds. The van der Waals surface area contributed by atoms with Gasteiger partial charge in [0.25, 0.3) is 0 Å². The van der Waals surface area contributed by atoms with Crippen LogP contribution in [0.15, 0.2) is 72.3 Å². The molecule has 0 atom stereocenters. The number of aryl methyl sites for hydroxylation is 1. The third kappa shape index (κ3) is 4.29. The second kappa shape index (κ2) is 9.11. The molecule has 0 saturated carbocycles. The third-order valence-corrected chi connectivity index (χ3v) is 5.76. The predicted molar refractivity (Wildman–Crippen MR) is 124 cm³/mol. The molecule has 160 valence electrons. The van der Waals surface area contributed by atoms with Crippen LogP contribution < -0.4 is 4.74 Å². The summed E-state index contributed by atoms with van der Waals surface area (Å²) in [5.41, 5.74) is 3.95. The number of rotatable bonds is 7. The van der Waals surface area contributed by atoms with Gasteiger partial charge < -0.3 is 9.84 Å². The highest BCUT2D eigenvalue weighted by molar-refractivity contribution is 7.00. The van der Waals surface area contributed by atoms with Gasteiger partial charge in [0.1, 0.15) is 16.8 Å². The largest absolute Gasteiger partial charge is 0.496 e. The maximum absolute atomic E-state index is 13.6. The Morgan fingerprint density at radius 2 is 1.62 bits per heavy atom. The number of carbonyl (C=O) groups is 2. The minimum absolute atomic E-state index is 0.0589. The molecule has 0 unspecified atom stereocenters. The lowest BCUT2D eigenvalue weighted by molar-refractivity contribution is -0.130. The van der Waals surface area contributed by atoms with Gasteiger partial charge in [-0.05, 0) is 36.2 Å². The van der Waals surface area contributed by atoms with E-state index in [1.807, 2.05) is 37.3 Å². The summed E-state index contributed by atoms with van der Waals surface area (Å²) >= 11 is 1.06. The van der Waals surface area contributed by atoms with E-state index in [0.29, 0.717) is 27.9 Å². The highest BCUT2D eigenvalue weighted by Crippen LogP contribution is 2.30. The van der Waals surface area contributed by atoms with Crippen LogP contribution in [0.1, 0.15) is 27.0 Å². The van der Waals surface area contributed by atoms with Gasteiger partial charge in [0.15, 0.2) is 5.78 Å². The van der Waals surface area contributed by atoms with E-state index < -0.39 is 5.97 Å². The smallest absolute Gasteiger partial charge is 0.336 e. The van der Waals surface area contributed by atoms with E-state index in [4.69, 9.17) is 4.74 Å². The Labute approximate surface area is 189 Å². The van der Waals surface area contributed by atoms with E-state index in [-0.39, 0.29) is 23.4 Å². The SMILES string of the molecule is COc1ccccc1CC(C(=O)c1ccc(C)cc1)=C(C(=O)O)c1ccc2nsnc2c1. The number of carboxylic acid groups (broad SMARTS) is 1. The first kappa shape index (κ1) is 21.4. The fraction of sp³-hybridized carbons (Fsp3) is 0.120. The van der Waals surface area contributed by atoms with Gasteiger partial charge in [0, 0.05) is 17.6 Å². The molecule has 0 aliphatic rings. The molecule has 0 radical (unpaired) electrons. The summed E-state index contributed by atoms with van der Waals surface area (Å²) in [4.78, 5) is 26.1. The molecule has 0 bridgehead atoms. The van der Waals surface area contributed by atoms with Crippen molar-refractivity contribution in [3.8, 4) is 5.75 Å². The van der Waals surface area contributed by atoms with Gasteiger partial charge in [-0.15, -0.1) is 0 Å². The van der Waals surface area contributed by atoms with Crippen LogP contribution in [0, 0.1) is 6.92 Å². The maximum atomic E-state index is 13.6. The Kier molecular flexibility index (Phi) is 6.09. The number of aromatic nitrogens is 2. The Balaban J connectivity index is 1.93. The predicted octanol–water partition coefficient (Wildman–Crippen LogP) is 4.97. The number of ketones is 1.